The van der Waals surface area contributed by atoms with Crippen LogP contribution in [0, 0.1) is 0 Å². The van der Waals surface area contributed by atoms with Gasteiger partial charge in [-0.15, -0.1) is 11.6 Å². The fourth-order valence-electron chi connectivity index (χ4n) is 1.57. The number of nitrogens with zero attached hydrogens (tertiary/aromatic N) is 1. The van der Waals surface area contributed by atoms with Gasteiger partial charge in [0.15, 0.2) is 5.72 Å². The highest BCUT2D eigenvalue weighted by Gasteiger charge is 2.29. The first-order valence-electron chi connectivity index (χ1n) is 4.37. The van der Waals surface area contributed by atoms with E-state index in [0.717, 1.165) is 11.3 Å². The molecule has 14 heavy (non-hydrogen) atoms. The first-order valence-corrected chi connectivity index (χ1v) is 4.90. The van der Waals surface area contributed by atoms with Crippen molar-refractivity contribution in [3.05, 3.63) is 29.8 Å². The third-order valence-electron chi connectivity index (χ3n) is 2.20. The second-order valence-corrected chi connectivity index (χ2v) is 3.65. The van der Waals surface area contributed by atoms with Gasteiger partial charge in [-0.1, -0.05) is 18.2 Å². The highest BCUT2D eigenvalue weighted by Crippen LogP contribution is 2.32. The lowest BCUT2D eigenvalue weighted by Crippen LogP contribution is -2.31. The van der Waals surface area contributed by atoms with E-state index in [0.29, 0.717) is 5.84 Å². The summed E-state index contributed by atoms with van der Waals surface area (Å²) in [6.07, 6.45) is 0. The summed E-state index contributed by atoms with van der Waals surface area (Å²) in [6, 6.07) is 7.51. The Balaban J connectivity index is 2.51. The molecule has 0 saturated heterocycles. The van der Waals surface area contributed by atoms with Crippen molar-refractivity contribution in [3.63, 3.8) is 0 Å². The van der Waals surface area contributed by atoms with Crippen LogP contribution >= 0.6 is 11.6 Å². The summed E-state index contributed by atoms with van der Waals surface area (Å²) in [5.74, 6) is 0.861. The van der Waals surface area contributed by atoms with Gasteiger partial charge >= 0.3 is 0 Å². The van der Waals surface area contributed by atoms with Crippen molar-refractivity contribution in [2.45, 2.75) is 12.6 Å². The standard InChI is InChI=1S/C10H11ClN2O/c1-10(14)7-4-2-3-5-8(7)12-9(6-11)13-10/h2-5,14H,6H2,1H3,(H,12,13). The van der Waals surface area contributed by atoms with E-state index in [2.05, 4.69) is 10.3 Å². The third-order valence-corrected chi connectivity index (χ3v) is 2.45. The summed E-state index contributed by atoms with van der Waals surface area (Å²) in [7, 11) is 0. The number of rotatable bonds is 1. The van der Waals surface area contributed by atoms with Gasteiger partial charge in [0, 0.05) is 11.3 Å². The predicted octanol–water partition coefficient (Wildman–Crippen LogP) is 1.91. The fraction of sp³-hybridized carbons (Fsp3) is 0.300. The zero-order chi connectivity index (χ0) is 10.2. The molecule has 0 aliphatic carbocycles. The van der Waals surface area contributed by atoms with Crippen molar-refractivity contribution < 1.29 is 5.11 Å². The molecular weight excluding hydrogens is 200 g/mol. The first-order chi connectivity index (χ1) is 6.63. The normalized spacial score (nSPS) is 24.9. The van der Waals surface area contributed by atoms with E-state index >= 15 is 0 Å². The summed E-state index contributed by atoms with van der Waals surface area (Å²) in [6.45, 7) is 1.65. The van der Waals surface area contributed by atoms with Gasteiger partial charge in [-0.25, -0.2) is 4.99 Å². The molecule has 0 aromatic heterocycles. The monoisotopic (exact) mass is 210 g/mol. The van der Waals surface area contributed by atoms with E-state index in [1.165, 1.54) is 0 Å². The zero-order valence-corrected chi connectivity index (χ0v) is 8.54. The van der Waals surface area contributed by atoms with E-state index in [1.807, 2.05) is 24.3 Å². The Kier molecular flexibility index (Phi) is 2.21. The van der Waals surface area contributed by atoms with E-state index in [9.17, 15) is 5.11 Å². The third kappa shape index (κ3) is 1.49. The van der Waals surface area contributed by atoms with Gasteiger partial charge in [0.25, 0.3) is 0 Å². The van der Waals surface area contributed by atoms with Gasteiger partial charge in [-0.2, -0.15) is 0 Å². The highest BCUT2D eigenvalue weighted by atomic mass is 35.5. The number of halogens is 1. The molecule has 1 aliphatic heterocycles. The van der Waals surface area contributed by atoms with Gasteiger partial charge in [0.2, 0.25) is 0 Å². The molecule has 1 aliphatic rings. The molecule has 1 unspecified atom stereocenters. The van der Waals surface area contributed by atoms with Gasteiger partial charge in [0.05, 0.1) is 5.88 Å². The minimum absolute atomic E-state index is 0.268. The van der Waals surface area contributed by atoms with Crippen molar-refractivity contribution in [1.82, 2.24) is 0 Å². The molecule has 0 fully saturated rings. The number of hydrogen-bond donors (Lipinski definition) is 2. The van der Waals surface area contributed by atoms with Crippen LogP contribution in [0.4, 0.5) is 5.69 Å². The minimum atomic E-state index is -1.17. The highest BCUT2D eigenvalue weighted by molar-refractivity contribution is 6.30. The fourth-order valence-corrected chi connectivity index (χ4v) is 1.70. The average molecular weight is 211 g/mol. The summed E-state index contributed by atoms with van der Waals surface area (Å²) >= 11 is 5.67. The van der Waals surface area contributed by atoms with Gasteiger partial charge in [0.1, 0.15) is 5.84 Å². The Morgan fingerprint density at radius 1 is 1.50 bits per heavy atom. The second-order valence-electron chi connectivity index (χ2n) is 3.38. The first kappa shape index (κ1) is 9.49. The summed E-state index contributed by atoms with van der Waals surface area (Å²) in [5.41, 5.74) is 0.462. The number of aliphatic hydroxyl groups is 1. The number of nitrogens with one attached hydrogen (secondary N) is 1. The molecule has 0 spiro atoms. The van der Waals surface area contributed by atoms with E-state index < -0.39 is 5.72 Å². The maximum atomic E-state index is 10.0. The largest absolute Gasteiger partial charge is 0.365 e. The van der Waals surface area contributed by atoms with Crippen LogP contribution in [0.15, 0.2) is 29.3 Å². The van der Waals surface area contributed by atoms with E-state index in [1.54, 1.807) is 6.92 Å². The lowest BCUT2D eigenvalue weighted by Gasteiger charge is -2.28. The Morgan fingerprint density at radius 2 is 2.21 bits per heavy atom. The number of benzene rings is 1. The smallest absolute Gasteiger partial charge is 0.183 e. The lowest BCUT2D eigenvalue weighted by molar-refractivity contribution is 0.0671. The van der Waals surface area contributed by atoms with Gasteiger partial charge < -0.3 is 10.4 Å². The van der Waals surface area contributed by atoms with E-state index in [-0.39, 0.29) is 5.88 Å². The molecule has 3 nitrogen and oxygen atoms in total. The van der Waals surface area contributed by atoms with Gasteiger partial charge in [-0.3, -0.25) is 0 Å². The Bertz CT molecular complexity index is 387. The van der Waals surface area contributed by atoms with Gasteiger partial charge in [-0.05, 0) is 13.0 Å². The SMILES string of the molecule is CC1(O)N=C(CCl)Nc2ccccc21. The molecule has 2 rings (SSSR count). The molecule has 1 aromatic rings. The molecule has 4 heteroatoms. The number of anilines is 1. The number of amidine groups is 1. The summed E-state index contributed by atoms with van der Waals surface area (Å²) in [4.78, 5) is 4.10. The summed E-state index contributed by atoms with van der Waals surface area (Å²) in [5, 5.41) is 13.1. The Labute approximate surface area is 87.4 Å². The quantitative estimate of drug-likeness (QED) is 0.696. The number of fused-ring (bicyclic) bond motifs is 1. The van der Waals surface area contributed by atoms with Crippen molar-refractivity contribution in [3.8, 4) is 0 Å². The molecular formula is C10H11ClN2O. The average Bonchev–Trinajstić information content (AvgIpc) is 2.17. The van der Waals surface area contributed by atoms with Crippen LogP contribution in [-0.2, 0) is 5.72 Å². The molecule has 2 N–H and O–H groups in total. The van der Waals surface area contributed by atoms with E-state index in [4.69, 9.17) is 11.6 Å². The number of hydrogen-bond acceptors (Lipinski definition) is 3. The minimum Gasteiger partial charge on any atom is -0.365 e. The summed E-state index contributed by atoms with van der Waals surface area (Å²) < 4.78 is 0. The van der Waals surface area contributed by atoms with Crippen LogP contribution in [0.1, 0.15) is 12.5 Å². The van der Waals surface area contributed by atoms with Crippen LogP contribution in [0.3, 0.4) is 0 Å². The Hall–Kier alpha value is -1.06. The van der Waals surface area contributed by atoms with Crippen LogP contribution in [0.5, 0.6) is 0 Å². The topological polar surface area (TPSA) is 44.6 Å². The lowest BCUT2D eigenvalue weighted by atomic mass is 10.0. The zero-order valence-electron chi connectivity index (χ0n) is 7.79. The molecule has 1 heterocycles. The molecule has 1 aromatic carbocycles. The van der Waals surface area contributed by atoms with Crippen molar-refractivity contribution in [2.75, 3.05) is 11.2 Å². The number of alkyl halides is 1. The van der Waals surface area contributed by atoms with Crippen LogP contribution in [0.25, 0.3) is 0 Å². The van der Waals surface area contributed by atoms with Crippen LogP contribution in [0.2, 0.25) is 0 Å². The van der Waals surface area contributed by atoms with Crippen molar-refractivity contribution >= 4 is 23.1 Å². The molecule has 0 bridgehead atoms. The number of aliphatic imine (C=N–C) groups is 1. The maximum absolute atomic E-state index is 10.0. The molecule has 0 saturated carbocycles. The maximum Gasteiger partial charge on any atom is 0.183 e. The molecule has 0 amide bonds. The second kappa shape index (κ2) is 3.26. The predicted molar refractivity (Wildman–Crippen MR) is 57.8 cm³/mol. The van der Waals surface area contributed by atoms with Crippen molar-refractivity contribution in [2.24, 2.45) is 4.99 Å². The van der Waals surface area contributed by atoms with Crippen LogP contribution in [-0.4, -0.2) is 16.8 Å². The van der Waals surface area contributed by atoms with Crippen molar-refractivity contribution in [1.29, 1.82) is 0 Å². The number of para-hydroxylation sites is 1. The van der Waals surface area contributed by atoms with Crippen LogP contribution < -0.4 is 5.32 Å². The molecule has 0 radical (unpaired) electrons. The molecule has 1 atom stereocenters. The Morgan fingerprint density at radius 3 is 2.93 bits per heavy atom. The molecule has 74 valence electrons.